The summed E-state index contributed by atoms with van der Waals surface area (Å²) in [5, 5.41) is 0. The molecule has 0 aliphatic heterocycles. The van der Waals surface area contributed by atoms with E-state index in [4.69, 9.17) is 5.84 Å². The maximum Gasteiger partial charge on any atom is 0.0391 e. The van der Waals surface area contributed by atoms with Gasteiger partial charge in [-0.3, -0.25) is 16.2 Å². The average molecular weight is 243 g/mol. The predicted octanol–water partition coefficient (Wildman–Crippen LogP) is 2.91. The predicted molar refractivity (Wildman–Crippen MR) is 76.9 cm³/mol. The molecule has 0 fully saturated rings. The SMILES string of the molecule is CCCCCC(NN)C(C)(CC)N(CC)CC. The van der Waals surface area contributed by atoms with Gasteiger partial charge >= 0.3 is 0 Å². The fourth-order valence-corrected chi connectivity index (χ4v) is 2.81. The third-order valence-corrected chi connectivity index (χ3v) is 4.25. The van der Waals surface area contributed by atoms with Gasteiger partial charge in [0.2, 0.25) is 0 Å². The highest BCUT2D eigenvalue weighted by Crippen LogP contribution is 2.26. The van der Waals surface area contributed by atoms with Crippen molar-refractivity contribution in [1.29, 1.82) is 0 Å². The molecule has 0 radical (unpaired) electrons. The number of unbranched alkanes of at least 4 members (excludes halogenated alkanes) is 2. The number of nitrogens with one attached hydrogen (secondary N) is 1. The van der Waals surface area contributed by atoms with Gasteiger partial charge in [-0.15, -0.1) is 0 Å². The van der Waals surface area contributed by atoms with Gasteiger partial charge in [-0.05, 0) is 32.9 Å². The number of hydrogen-bond donors (Lipinski definition) is 2. The Hall–Kier alpha value is -0.120. The Morgan fingerprint density at radius 1 is 1.12 bits per heavy atom. The molecule has 3 N–H and O–H groups in total. The van der Waals surface area contributed by atoms with Crippen LogP contribution < -0.4 is 11.3 Å². The molecule has 0 bridgehead atoms. The molecule has 0 aliphatic carbocycles. The fraction of sp³-hybridized carbons (Fsp3) is 1.00. The minimum atomic E-state index is 0.173. The minimum absolute atomic E-state index is 0.173. The van der Waals surface area contributed by atoms with Crippen molar-refractivity contribution in [2.45, 2.75) is 78.3 Å². The van der Waals surface area contributed by atoms with E-state index >= 15 is 0 Å². The Morgan fingerprint density at radius 3 is 2.06 bits per heavy atom. The Bertz CT molecular complexity index is 180. The highest BCUT2D eigenvalue weighted by Gasteiger charge is 2.35. The van der Waals surface area contributed by atoms with Gasteiger partial charge in [-0.25, -0.2) is 0 Å². The second-order valence-electron chi connectivity index (χ2n) is 5.10. The molecule has 0 amide bonds. The van der Waals surface area contributed by atoms with Crippen molar-refractivity contribution < 1.29 is 0 Å². The second kappa shape index (κ2) is 8.90. The maximum absolute atomic E-state index is 5.79. The van der Waals surface area contributed by atoms with E-state index in [1.807, 2.05) is 0 Å². The van der Waals surface area contributed by atoms with Crippen LogP contribution in [0.25, 0.3) is 0 Å². The van der Waals surface area contributed by atoms with Crippen molar-refractivity contribution in [2.75, 3.05) is 13.1 Å². The zero-order valence-corrected chi connectivity index (χ0v) is 12.6. The van der Waals surface area contributed by atoms with Crippen LogP contribution >= 0.6 is 0 Å². The standard InChI is InChI=1S/C14H33N3/c1-6-10-11-12-13(16-15)14(5,7-2)17(8-3)9-4/h13,16H,6-12,15H2,1-5H3. The first-order valence-corrected chi connectivity index (χ1v) is 7.31. The molecule has 2 unspecified atom stereocenters. The monoisotopic (exact) mass is 243 g/mol. The minimum Gasteiger partial charge on any atom is -0.297 e. The van der Waals surface area contributed by atoms with Gasteiger partial charge in [0, 0.05) is 11.6 Å². The molecule has 0 aromatic heterocycles. The molecule has 0 saturated heterocycles. The Labute approximate surface area is 108 Å². The van der Waals surface area contributed by atoms with Gasteiger partial charge < -0.3 is 0 Å². The van der Waals surface area contributed by atoms with Gasteiger partial charge in [0.15, 0.2) is 0 Å². The topological polar surface area (TPSA) is 41.3 Å². The lowest BCUT2D eigenvalue weighted by molar-refractivity contribution is 0.0657. The summed E-state index contributed by atoms with van der Waals surface area (Å²) in [5.41, 5.74) is 3.23. The van der Waals surface area contributed by atoms with E-state index in [2.05, 4.69) is 44.9 Å². The van der Waals surface area contributed by atoms with Crippen LogP contribution in [0, 0.1) is 0 Å². The van der Waals surface area contributed by atoms with Gasteiger partial charge in [-0.2, -0.15) is 0 Å². The Morgan fingerprint density at radius 2 is 1.71 bits per heavy atom. The van der Waals surface area contributed by atoms with Crippen LogP contribution in [-0.4, -0.2) is 29.6 Å². The van der Waals surface area contributed by atoms with E-state index in [1.165, 1.54) is 25.7 Å². The van der Waals surface area contributed by atoms with Gasteiger partial charge in [0.05, 0.1) is 0 Å². The fourth-order valence-electron chi connectivity index (χ4n) is 2.81. The summed E-state index contributed by atoms with van der Waals surface area (Å²) in [4.78, 5) is 2.53. The van der Waals surface area contributed by atoms with E-state index in [0.29, 0.717) is 6.04 Å². The molecular weight excluding hydrogens is 210 g/mol. The van der Waals surface area contributed by atoms with Crippen LogP contribution in [-0.2, 0) is 0 Å². The van der Waals surface area contributed by atoms with Gasteiger partial charge in [-0.1, -0.05) is 47.0 Å². The zero-order valence-electron chi connectivity index (χ0n) is 12.6. The molecule has 2 atom stereocenters. The summed E-state index contributed by atoms with van der Waals surface area (Å²) in [7, 11) is 0. The van der Waals surface area contributed by atoms with E-state index in [0.717, 1.165) is 19.5 Å². The summed E-state index contributed by atoms with van der Waals surface area (Å²) < 4.78 is 0. The number of hydrazine groups is 1. The van der Waals surface area contributed by atoms with E-state index in [9.17, 15) is 0 Å². The Kier molecular flexibility index (Phi) is 8.83. The molecule has 0 aliphatic rings. The van der Waals surface area contributed by atoms with Crippen LogP contribution in [0.4, 0.5) is 0 Å². The zero-order chi connectivity index (χ0) is 13.3. The van der Waals surface area contributed by atoms with Crippen LogP contribution in [0.15, 0.2) is 0 Å². The molecule has 17 heavy (non-hydrogen) atoms. The van der Waals surface area contributed by atoms with E-state index < -0.39 is 0 Å². The second-order valence-corrected chi connectivity index (χ2v) is 5.10. The molecule has 0 aromatic carbocycles. The molecule has 3 heteroatoms. The van der Waals surface area contributed by atoms with Gasteiger partial charge in [0.25, 0.3) is 0 Å². The summed E-state index contributed by atoms with van der Waals surface area (Å²) in [6.45, 7) is 13.5. The molecule has 0 heterocycles. The first-order chi connectivity index (χ1) is 8.10. The van der Waals surface area contributed by atoms with Crippen molar-refractivity contribution in [1.82, 2.24) is 10.3 Å². The lowest BCUT2D eigenvalue weighted by atomic mass is 9.84. The molecule has 0 aromatic rings. The van der Waals surface area contributed by atoms with Crippen molar-refractivity contribution in [3.05, 3.63) is 0 Å². The first kappa shape index (κ1) is 16.9. The molecule has 0 rings (SSSR count). The average Bonchev–Trinajstić information content (AvgIpc) is 2.35. The molecule has 0 saturated carbocycles. The first-order valence-electron chi connectivity index (χ1n) is 7.31. The highest BCUT2D eigenvalue weighted by atomic mass is 15.3. The molecular formula is C14H33N3. The number of nitrogens with two attached hydrogens (primary N) is 1. The van der Waals surface area contributed by atoms with E-state index in [1.54, 1.807) is 0 Å². The lowest BCUT2D eigenvalue weighted by Gasteiger charge is -2.45. The van der Waals surface area contributed by atoms with Crippen molar-refractivity contribution in [3.8, 4) is 0 Å². The third kappa shape index (κ3) is 4.57. The molecule has 0 spiro atoms. The summed E-state index contributed by atoms with van der Waals surface area (Å²) in [5.74, 6) is 5.79. The summed E-state index contributed by atoms with van der Waals surface area (Å²) >= 11 is 0. The number of likely N-dealkylation sites (N-methyl/N-ethyl adjacent to an activating group) is 1. The summed E-state index contributed by atoms with van der Waals surface area (Å²) in [6.07, 6.45) is 6.14. The van der Waals surface area contributed by atoms with Crippen LogP contribution in [0.3, 0.4) is 0 Å². The number of rotatable bonds is 10. The summed E-state index contributed by atoms with van der Waals surface area (Å²) in [6, 6.07) is 0.388. The van der Waals surface area contributed by atoms with E-state index in [-0.39, 0.29) is 5.54 Å². The Balaban J connectivity index is 4.63. The van der Waals surface area contributed by atoms with Crippen molar-refractivity contribution >= 4 is 0 Å². The van der Waals surface area contributed by atoms with Crippen LogP contribution in [0.1, 0.15) is 66.7 Å². The number of nitrogens with zero attached hydrogens (tertiary/aromatic N) is 1. The van der Waals surface area contributed by atoms with Crippen LogP contribution in [0.5, 0.6) is 0 Å². The smallest absolute Gasteiger partial charge is 0.0391 e. The number of hydrogen-bond acceptors (Lipinski definition) is 3. The van der Waals surface area contributed by atoms with Crippen molar-refractivity contribution in [3.63, 3.8) is 0 Å². The normalized spacial score (nSPS) is 17.1. The van der Waals surface area contributed by atoms with Crippen molar-refractivity contribution in [2.24, 2.45) is 5.84 Å². The highest BCUT2D eigenvalue weighted by molar-refractivity contribution is 4.94. The largest absolute Gasteiger partial charge is 0.297 e. The van der Waals surface area contributed by atoms with Crippen LogP contribution in [0.2, 0.25) is 0 Å². The quantitative estimate of drug-likeness (QED) is 0.352. The van der Waals surface area contributed by atoms with Gasteiger partial charge in [0.1, 0.15) is 0 Å². The lowest BCUT2D eigenvalue weighted by Crippen LogP contribution is -2.60. The molecule has 104 valence electrons. The molecule has 3 nitrogen and oxygen atoms in total. The third-order valence-electron chi connectivity index (χ3n) is 4.25. The maximum atomic E-state index is 5.79.